The van der Waals surface area contributed by atoms with Gasteiger partial charge in [0, 0.05) is 12.0 Å². The van der Waals surface area contributed by atoms with Crippen LogP contribution in [0.15, 0.2) is 47.6 Å². The van der Waals surface area contributed by atoms with Gasteiger partial charge in [-0.3, -0.25) is 5.10 Å². The molecule has 0 aliphatic rings. The molecule has 6 nitrogen and oxygen atoms in total. The average Bonchev–Trinajstić information content (AvgIpc) is 2.98. The summed E-state index contributed by atoms with van der Waals surface area (Å²) in [5.74, 6) is 0.667. The number of nitrogens with zero attached hydrogens (tertiary/aromatic N) is 3. The third-order valence-electron chi connectivity index (χ3n) is 3.64. The van der Waals surface area contributed by atoms with E-state index in [1.807, 2.05) is 6.92 Å². The number of phenolic OH excluding ortho intramolecular Hbond substituents is 1. The highest BCUT2D eigenvalue weighted by Gasteiger charge is 2.09. The maximum absolute atomic E-state index is 13.0. The van der Waals surface area contributed by atoms with Gasteiger partial charge >= 0.3 is 0 Å². The molecule has 26 heavy (non-hydrogen) atoms. The van der Waals surface area contributed by atoms with E-state index in [4.69, 9.17) is 17.0 Å². The van der Waals surface area contributed by atoms with Crippen molar-refractivity contribution in [3.05, 3.63) is 70.0 Å². The summed E-state index contributed by atoms with van der Waals surface area (Å²) in [5.41, 5.74) is 1.37. The number of phenols is 1. The fraction of sp³-hybridized carbons (Fsp3) is 0.167. The predicted molar refractivity (Wildman–Crippen MR) is 98.9 cm³/mol. The van der Waals surface area contributed by atoms with E-state index in [-0.39, 0.29) is 11.6 Å². The Morgan fingerprint density at radius 2 is 2.08 bits per heavy atom. The molecule has 0 unspecified atom stereocenters. The number of aromatic amines is 1. The lowest BCUT2D eigenvalue weighted by Gasteiger charge is -2.07. The van der Waals surface area contributed by atoms with Crippen LogP contribution in [0.1, 0.15) is 23.9 Å². The zero-order chi connectivity index (χ0) is 18.5. The third kappa shape index (κ3) is 3.97. The number of hydrogen-bond donors (Lipinski definition) is 2. The number of rotatable bonds is 6. The quantitative estimate of drug-likeness (QED) is 0.511. The number of H-pyrrole nitrogens is 1. The van der Waals surface area contributed by atoms with Gasteiger partial charge < -0.3 is 9.84 Å². The van der Waals surface area contributed by atoms with Crippen molar-refractivity contribution in [2.45, 2.75) is 13.3 Å². The van der Waals surface area contributed by atoms with Crippen molar-refractivity contribution < 1.29 is 14.2 Å². The molecule has 0 saturated heterocycles. The van der Waals surface area contributed by atoms with Crippen LogP contribution in [-0.4, -0.2) is 32.8 Å². The molecule has 0 radical (unpaired) electrons. The predicted octanol–water partition coefficient (Wildman–Crippen LogP) is 3.66. The van der Waals surface area contributed by atoms with Gasteiger partial charge in [-0.1, -0.05) is 18.2 Å². The van der Waals surface area contributed by atoms with Crippen LogP contribution in [0.4, 0.5) is 4.39 Å². The maximum Gasteiger partial charge on any atom is 0.216 e. The Morgan fingerprint density at radius 3 is 2.81 bits per heavy atom. The van der Waals surface area contributed by atoms with Crippen molar-refractivity contribution in [3.63, 3.8) is 0 Å². The van der Waals surface area contributed by atoms with E-state index >= 15 is 0 Å². The van der Waals surface area contributed by atoms with Crippen LogP contribution < -0.4 is 4.74 Å². The summed E-state index contributed by atoms with van der Waals surface area (Å²) in [6.07, 6.45) is 1.91. The highest BCUT2D eigenvalue weighted by molar-refractivity contribution is 7.71. The summed E-state index contributed by atoms with van der Waals surface area (Å²) < 4.78 is 20.2. The molecule has 2 N–H and O–H groups in total. The van der Waals surface area contributed by atoms with Crippen LogP contribution in [0.2, 0.25) is 0 Å². The normalized spacial score (nSPS) is 11.2. The van der Waals surface area contributed by atoms with E-state index in [2.05, 4.69) is 15.3 Å². The zero-order valence-corrected chi connectivity index (χ0v) is 14.8. The fourth-order valence-electron chi connectivity index (χ4n) is 2.38. The van der Waals surface area contributed by atoms with Gasteiger partial charge in [-0.2, -0.15) is 14.9 Å². The minimum absolute atomic E-state index is 0.00759. The molecule has 2 aromatic carbocycles. The molecule has 0 amide bonds. The first kappa shape index (κ1) is 17.8. The molecule has 134 valence electrons. The molecule has 0 aliphatic heterocycles. The number of para-hydroxylation sites is 1. The number of nitrogens with one attached hydrogen (secondary N) is 1. The van der Waals surface area contributed by atoms with Crippen LogP contribution in [-0.2, 0) is 6.42 Å². The summed E-state index contributed by atoms with van der Waals surface area (Å²) in [6, 6.07) is 11.3. The first-order valence-electron chi connectivity index (χ1n) is 7.98. The Morgan fingerprint density at radius 1 is 1.31 bits per heavy atom. The van der Waals surface area contributed by atoms with Gasteiger partial charge in [-0.25, -0.2) is 4.39 Å². The molecular weight excluding hydrogens is 355 g/mol. The van der Waals surface area contributed by atoms with Gasteiger partial charge in [0.1, 0.15) is 5.82 Å². The van der Waals surface area contributed by atoms with Gasteiger partial charge in [-0.05, 0) is 49.0 Å². The summed E-state index contributed by atoms with van der Waals surface area (Å²) in [7, 11) is 0. The van der Waals surface area contributed by atoms with E-state index in [1.54, 1.807) is 30.3 Å². The minimum Gasteiger partial charge on any atom is -0.504 e. The van der Waals surface area contributed by atoms with Crippen LogP contribution in [0.5, 0.6) is 11.5 Å². The number of aromatic hydroxyl groups is 1. The summed E-state index contributed by atoms with van der Waals surface area (Å²) in [6.45, 7) is 2.29. The van der Waals surface area contributed by atoms with Crippen molar-refractivity contribution in [1.29, 1.82) is 0 Å². The van der Waals surface area contributed by atoms with E-state index in [1.165, 1.54) is 23.0 Å². The number of ether oxygens (including phenoxy) is 1. The number of hydrogen-bond acceptors (Lipinski definition) is 5. The topological polar surface area (TPSA) is 75.4 Å². The standard InChI is InChI=1S/C18H17FN4O2S/c1-2-25-15-5-3-4-13(17(15)24)11-20-23-16(21-22-18(23)26)10-12-6-8-14(19)9-7-12/h3-9,11,24H,2,10H2,1H3,(H,22,26)/b20-11-. The molecule has 1 heterocycles. The van der Waals surface area contributed by atoms with E-state index in [9.17, 15) is 9.50 Å². The van der Waals surface area contributed by atoms with Gasteiger partial charge in [0.25, 0.3) is 0 Å². The van der Waals surface area contributed by atoms with Gasteiger partial charge in [0.05, 0.1) is 12.8 Å². The Bertz CT molecular complexity index is 980. The van der Waals surface area contributed by atoms with E-state index in [0.29, 0.717) is 34.9 Å². The molecule has 3 aromatic rings. The van der Waals surface area contributed by atoms with Crippen LogP contribution in [0.25, 0.3) is 0 Å². The molecule has 0 aliphatic carbocycles. The fourth-order valence-corrected chi connectivity index (χ4v) is 2.58. The Labute approximate surface area is 154 Å². The first-order valence-corrected chi connectivity index (χ1v) is 8.39. The summed E-state index contributed by atoms with van der Waals surface area (Å²) in [4.78, 5) is 0. The van der Waals surface area contributed by atoms with Crippen molar-refractivity contribution in [2.75, 3.05) is 6.61 Å². The van der Waals surface area contributed by atoms with Crippen LogP contribution >= 0.6 is 12.2 Å². The van der Waals surface area contributed by atoms with Gasteiger partial charge in [0.15, 0.2) is 17.3 Å². The molecule has 0 spiro atoms. The second kappa shape index (κ2) is 7.92. The van der Waals surface area contributed by atoms with Gasteiger partial charge in [0.2, 0.25) is 4.77 Å². The number of aromatic nitrogens is 3. The highest BCUT2D eigenvalue weighted by Crippen LogP contribution is 2.28. The van der Waals surface area contributed by atoms with Crippen molar-refractivity contribution in [1.82, 2.24) is 14.9 Å². The Kier molecular flexibility index (Phi) is 5.43. The molecule has 3 rings (SSSR count). The Balaban J connectivity index is 1.88. The second-order valence-corrected chi connectivity index (χ2v) is 5.82. The lowest BCUT2D eigenvalue weighted by Crippen LogP contribution is -2.01. The third-order valence-corrected chi connectivity index (χ3v) is 3.90. The lowest BCUT2D eigenvalue weighted by atomic mass is 10.1. The van der Waals surface area contributed by atoms with Gasteiger partial charge in [-0.15, -0.1) is 0 Å². The maximum atomic E-state index is 13.0. The minimum atomic E-state index is -0.296. The zero-order valence-electron chi connectivity index (χ0n) is 14.0. The molecule has 0 bridgehead atoms. The summed E-state index contributed by atoms with van der Waals surface area (Å²) in [5, 5.41) is 21.4. The van der Waals surface area contributed by atoms with Crippen LogP contribution in [0.3, 0.4) is 0 Å². The molecule has 8 heteroatoms. The highest BCUT2D eigenvalue weighted by atomic mass is 32.1. The number of halogens is 1. The molecule has 0 atom stereocenters. The smallest absolute Gasteiger partial charge is 0.216 e. The largest absolute Gasteiger partial charge is 0.504 e. The Hall–Kier alpha value is -3.00. The van der Waals surface area contributed by atoms with E-state index in [0.717, 1.165) is 5.56 Å². The van der Waals surface area contributed by atoms with Crippen molar-refractivity contribution in [2.24, 2.45) is 5.10 Å². The lowest BCUT2D eigenvalue weighted by molar-refractivity contribution is 0.318. The SMILES string of the molecule is CCOc1cccc(/C=N\n2c(Cc3ccc(F)cc3)n[nH]c2=S)c1O. The molecule has 1 aromatic heterocycles. The first-order chi connectivity index (χ1) is 12.6. The van der Waals surface area contributed by atoms with E-state index < -0.39 is 0 Å². The second-order valence-electron chi connectivity index (χ2n) is 5.43. The van der Waals surface area contributed by atoms with Crippen LogP contribution in [0, 0.1) is 10.6 Å². The molecule has 0 fully saturated rings. The number of benzene rings is 2. The average molecular weight is 372 g/mol. The van der Waals surface area contributed by atoms with Crippen molar-refractivity contribution >= 4 is 18.4 Å². The van der Waals surface area contributed by atoms with Crippen molar-refractivity contribution in [3.8, 4) is 11.5 Å². The summed E-state index contributed by atoms with van der Waals surface area (Å²) >= 11 is 5.21. The monoisotopic (exact) mass is 372 g/mol. The molecule has 0 saturated carbocycles. The molecular formula is C18H17FN4O2S.